The first-order valence-corrected chi connectivity index (χ1v) is 9.64. The van der Waals surface area contributed by atoms with Gasteiger partial charge in [0.05, 0.1) is 11.5 Å². The number of carbonyl (C=O) groups is 3. The first-order chi connectivity index (χ1) is 12.9. The van der Waals surface area contributed by atoms with Crippen molar-refractivity contribution in [1.82, 2.24) is 4.90 Å². The zero-order valence-electron chi connectivity index (χ0n) is 15.2. The summed E-state index contributed by atoms with van der Waals surface area (Å²) in [6.45, 7) is 4.44. The maximum atomic E-state index is 12.5. The standard InChI is InChI=1S/C19H21NO6S/c1-3-25-14-8-12-7-11(2)26-15(12)9-13(14)10-16-18(23)20(19(24)27-16)6-4-5-17(21)22/h8-11H,3-7H2,1-2H3,(H,21,22). The number of hydrogen-bond donors (Lipinski definition) is 1. The van der Waals surface area contributed by atoms with Gasteiger partial charge in [-0.3, -0.25) is 19.3 Å². The van der Waals surface area contributed by atoms with E-state index in [-0.39, 0.29) is 30.7 Å². The molecule has 2 aliphatic heterocycles. The number of amides is 2. The van der Waals surface area contributed by atoms with Crippen molar-refractivity contribution in [3.8, 4) is 11.5 Å². The second-order valence-corrected chi connectivity index (χ2v) is 7.39. The van der Waals surface area contributed by atoms with Crippen LogP contribution in [0.15, 0.2) is 17.0 Å². The van der Waals surface area contributed by atoms with E-state index in [0.29, 0.717) is 22.8 Å². The fourth-order valence-corrected chi connectivity index (χ4v) is 3.93. The molecule has 8 heteroatoms. The Labute approximate surface area is 161 Å². The van der Waals surface area contributed by atoms with Gasteiger partial charge in [0.25, 0.3) is 11.1 Å². The lowest BCUT2D eigenvalue weighted by atomic mass is 10.1. The molecule has 2 amide bonds. The van der Waals surface area contributed by atoms with Crippen LogP contribution in [0.2, 0.25) is 0 Å². The summed E-state index contributed by atoms with van der Waals surface area (Å²) in [6, 6.07) is 3.76. The van der Waals surface area contributed by atoms with Crippen LogP contribution in [0, 0.1) is 0 Å². The minimum absolute atomic E-state index is 0.0877. The molecule has 0 bridgehead atoms. The second-order valence-electron chi connectivity index (χ2n) is 6.39. The number of fused-ring (bicyclic) bond motifs is 1. The minimum Gasteiger partial charge on any atom is -0.493 e. The Bertz CT molecular complexity index is 819. The van der Waals surface area contributed by atoms with Gasteiger partial charge in [0, 0.05) is 30.5 Å². The number of rotatable bonds is 7. The van der Waals surface area contributed by atoms with Gasteiger partial charge in [0.2, 0.25) is 0 Å². The third kappa shape index (κ3) is 4.27. The molecule has 1 atom stereocenters. The molecule has 1 aromatic carbocycles. The van der Waals surface area contributed by atoms with Crippen molar-refractivity contribution in [3.63, 3.8) is 0 Å². The maximum absolute atomic E-state index is 12.5. The Morgan fingerprint density at radius 2 is 2.22 bits per heavy atom. The molecule has 0 aliphatic carbocycles. The number of nitrogens with zero attached hydrogens (tertiary/aromatic N) is 1. The third-order valence-electron chi connectivity index (χ3n) is 4.26. The van der Waals surface area contributed by atoms with Gasteiger partial charge in [-0.1, -0.05) is 0 Å². The summed E-state index contributed by atoms with van der Waals surface area (Å²) in [7, 11) is 0. The Kier molecular flexibility index (Phi) is 5.74. The highest BCUT2D eigenvalue weighted by Crippen LogP contribution is 2.39. The van der Waals surface area contributed by atoms with Crippen molar-refractivity contribution in [2.24, 2.45) is 0 Å². The summed E-state index contributed by atoms with van der Waals surface area (Å²) in [5.74, 6) is 0.0448. The van der Waals surface area contributed by atoms with E-state index in [1.165, 1.54) is 0 Å². The van der Waals surface area contributed by atoms with E-state index < -0.39 is 11.9 Å². The molecule has 1 unspecified atom stereocenters. The molecule has 1 fully saturated rings. The number of imide groups is 1. The lowest BCUT2D eigenvalue weighted by Crippen LogP contribution is -2.29. The predicted octanol–water partition coefficient (Wildman–Crippen LogP) is 3.31. The van der Waals surface area contributed by atoms with Crippen LogP contribution in [0.25, 0.3) is 6.08 Å². The number of carboxylic acids is 1. The van der Waals surface area contributed by atoms with Crippen LogP contribution >= 0.6 is 11.8 Å². The van der Waals surface area contributed by atoms with Crippen molar-refractivity contribution < 1.29 is 29.0 Å². The summed E-state index contributed by atoms with van der Waals surface area (Å²) in [5.41, 5.74) is 1.74. The molecule has 7 nitrogen and oxygen atoms in total. The van der Waals surface area contributed by atoms with Crippen LogP contribution in [0.5, 0.6) is 11.5 Å². The Morgan fingerprint density at radius 3 is 2.93 bits per heavy atom. The predicted molar refractivity (Wildman–Crippen MR) is 101 cm³/mol. The first kappa shape index (κ1) is 19.3. The van der Waals surface area contributed by atoms with E-state index in [1.54, 1.807) is 6.08 Å². The summed E-state index contributed by atoms with van der Waals surface area (Å²) >= 11 is 0.851. The number of carbonyl (C=O) groups excluding carboxylic acids is 2. The second kappa shape index (κ2) is 8.04. The normalized spacial score (nSPS) is 20.1. The van der Waals surface area contributed by atoms with Gasteiger partial charge in [0.1, 0.15) is 17.6 Å². The topological polar surface area (TPSA) is 93.1 Å². The van der Waals surface area contributed by atoms with E-state index in [1.807, 2.05) is 26.0 Å². The lowest BCUT2D eigenvalue weighted by Gasteiger charge is -2.12. The molecule has 2 aliphatic rings. The first-order valence-electron chi connectivity index (χ1n) is 8.82. The van der Waals surface area contributed by atoms with Gasteiger partial charge >= 0.3 is 5.97 Å². The van der Waals surface area contributed by atoms with E-state index in [4.69, 9.17) is 14.6 Å². The highest BCUT2D eigenvalue weighted by atomic mass is 32.2. The number of aliphatic carboxylic acids is 1. The van der Waals surface area contributed by atoms with Crippen LogP contribution in [-0.4, -0.2) is 46.4 Å². The van der Waals surface area contributed by atoms with E-state index in [0.717, 1.165) is 34.4 Å². The number of hydrogen-bond acceptors (Lipinski definition) is 6. The molecular weight excluding hydrogens is 370 g/mol. The number of benzene rings is 1. The molecule has 27 heavy (non-hydrogen) atoms. The summed E-state index contributed by atoms with van der Waals surface area (Å²) < 4.78 is 11.5. The molecule has 0 radical (unpaired) electrons. The van der Waals surface area contributed by atoms with Crippen LogP contribution < -0.4 is 9.47 Å². The van der Waals surface area contributed by atoms with Gasteiger partial charge in [-0.25, -0.2) is 0 Å². The smallest absolute Gasteiger partial charge is 0.303 e. The van der Waals surface area contributed by atoms with Crippen LogP contribution in [0.1, 0.15) is 37.8 Å². The van der Waals surface area contributed by atoms with Gasteiger partial charge in [-0.15, -0.1) is 0 Å². The molecule has 0 aromatic heterocycles. The van der Waals surface area contributed by atoms with Crippen LogP contribution in [-0.2, 0) is 16.0 Å². The molecule has 2 heterocycles. The molecular formula is C19H21NO6S. The molecule has 1 saturated heterocycles. The average Bonchev–Trinajstić information content (AvgIpc) is 3.08. The van der Waals surface area contributed by atoms with Gasteiger partial charge in [-0.05, 0) is 50.2 Å². The Balaban J connectivity index is 1.84. The highest BCUT2D eigenvalue weighted by Gasteiger charge is 2.35. The average molecular weight is 391 g/mol. The maximum Gasteiger partial charge on any atom is 0.303 e. The number of ether oxygens (including phenoxy) is 2. The molecule has 1 N–H and O–H groups in total. The van der Waals surface area contributed by atoms with Crippen molar-refractivity contribution in [2.45, 2.75) is 39.2 Å². The monoisotopic (exact) mass is 391 g/mol. The zero-order valence-corrected chi connectivity index (χ0v) is 16.0. The quantitative estimate of drug-likeness (QED) is 0.713. The number of carboxylic acid groups (broad SMARTS) is 1. The minimum atomic E-state index is -0.953. The Hall–Kier alpha value is -2.48. The van der Waals surface area contributed by atoms with E-state index in [9.17, 15) is 14.4 Å². The molecule has 3 rings (SSSR count). The summed E-state index contributed by atoms with van der Waals surface area (Å²) in [4.78, 5) is 36.7. The molecule has 0 saturated carbocycles. The van der Waals surface area contributed by atoms with Gasteiger partial charge in [0.15, 0.2) is 0 Å². The summed E-state index contributed by atoms with van der Waals surface area (Å²) in [5, 5.41) is 8.32. The highest BCUT2D eigenvalue weighted by molar-refractivity contribution is 8.18. The molecule has 144 valence electrons. The zero-order chi connectivity index (χ0) is 19.6. The van der Waals surface area contributed by atoms with Crippen molar-refractivity contribution in [2.75, 3.05) is 13.2 Å². The van der Waals surface area contributed by atoms with Gasteiger partial charge < -0.3 is 14.6 Å². The summed E-state index contributed by atoms with van der Waals surface area (Å²) in [6.07, 6.45) is 2.67. The van der Waals surface area contributed by atoms with Crippen molar-refractivity contribution in [3.05, 3.63) is 28.2 Å². The molecule has 1 aromatic rings. The SMILES string of the molecule is CCOc1cc2c(cc1C=C1SC(=O)N(CCCC(=O)O)C1=O)OC(C)C2. The number of thioether (sulfide) groups is 1. The largest absolute Gasteiger partial charge is 0.493 e. The lowest BCUT2D eigenvalue weighted by molar-refractivity contribution is -0.137. The van der Waals surface area contributed by atoms with Crippen LogP contribution in [0.3, 0.4) is 0 Å². The third-order valence-corrected chi connectivity index (χ3v) is 5.17. The Morgan fingerprint density at radius 1 is 1.44 bits per heavy atom. The molecule has 0 spiro atoms. The van der Waals surface area contributed by atoms with E-state index >= 15 is 0 Å². The van der Waals surface area contributed by atoms with Crippen molar-refractivity contribution in [1.29, 1.82) is 0 Å². The fourth-order valence-electron chi connectivity index (χ4n) is 3.07. The van der Waals surface area contributed by atoms with Crippen LogP contribution in [0.4, 0.5) is 4.79 Å². The fraction of sp³-hybridized carbons (Fsp3) is 0.421. The van der Waals surface area contributed by atoms with Crippen molar-refractivity contribution >= 4 is 35.0 Å². The van der Waals surface area contributed by atoms with Gasteiger partial charge in [-0.2, -0.15) is 0 Å². The van der Waals surface area contributed by atoms with E-state index in [2.05, 4.69) is 0 Å².